The summed E-state index contributed by atoms with van der Waals surface area (Å²) < 4.78 is 5.41. The van der Waals surface area contributed by atoms with Crippen molar-refractivity contribution in [3.63, 3.8) is 0 Å². The highest BCUT2D eigenvalue weighted by Crippen LogP contribution is 2.31. The second kappa shape index (κ2) is 8.63. The molecule has 2 N–H and O–H groups in total. The second-order valence-corrected chi connectivity index (χ2v) is 7.88. The molecular formula is C24H24N2O5. The first-order valence-electron chi connectivity index (χ1n) is 10.3. The Morgan fingerprint density at radius 3 is 2.74 bits per heavy atom. The third-order valence-corrected chi connectivity index (χ3v) is 5.75. The number of carbonyl (C=O) groups is 2. The summed E-state index contributed by atoms with van der Waals surface area (Å²) in [5.41, 5.74) is 3.48. The van der Waals surface area contributed by atoms with Crippen LogP contribution in [0.25, 0.3) is 22.1 Å². The third kappa shape index (κ3) is 4.45. The molecule has 7 heteroatoms. The van der Waals surface area contributed by atoms with Crippen molar-refractivity contribution < 1.29 is 19.1 Å². The van der Waals surface area contributed by atoms with E-state index in [4.69, 9.17) is 4.42 Å². The summed E-state index contributed by atoms with van der Waals surface area (Å²) in [5, 5.41) is 13.1. The van der Waals surface area contributed by atoms with Gasteiger partial charge in [-0.15, -0.1) is 0 Å². The zero-order chi connectivity index (χ0) is 22.0. The summed E-state index contributed by atoms with van der Waals surface area (Å²) >= 11 is 0. The van der Waals surface area contributed by atoms with Crippen LogP contribution in [0, 0.1) is 12.8 Å². The van der Waals surface area contributed by atoms with Gasteiger partial charge in [0.2, 0.25) is 5.91 Å². The number of nitrogens with one attached hydrogen (secondary N) is 1. The fourth-order valence-corrected chi connectivity index (χ4v) is 4.07. The fraction of sp³-hybridized carbons (Fsp3) is 0.292. The van der Waals surface area contributed by atoms with E-state index in [2.05, 4.69) is 5.32 Å². The third-order valence-electron chi connectivity index (χ3n) is 5.75. The Labute approximate surface area is 179 Å². The van der Waals surface area contributed by atoms with Crippen LogP contribution in [0.3, 0.4) is 0 Å². The molecule has 1 atom stereocenters. The van der Waals surface area contributed by atoms with Crippen LogP contribution in [0.1, 0.15) is 18.4 Å². The molecule has 1 aromatic heterocycles. The summed E-state index contributed by atoms with van der Waals surface area (Å²) in [7, 11) is 0. The van der Waals surface area contributed by atoms with E-state index in [1.807, 2.05) is 43.3 Å². The van der Waals surface area contributed by atoms with Gasteiger partial charge in [0.15, 0.2) is 0 Å². The topological polar surface area (TPSA) is 99.9 Å². The van der Waals surface area contributed by atoms with Crippen LogP contribution >= 0.6 is 0 Å². The Balaban J connectivity index is 1.54. The number of rotatable bonds is 5. The Morgan fingerprint density at radius 1 is 1.16 bits per heavy atom. The lowest BCUT2D eigenvalue weighted by Crippen LogP contribution is -2.44. The minimum absolute atomic E-state index is 0.0412. The molecule has 1 aliphatic heterocycles. The van der Waals surface area contributed by atoms with E-state index in [1.54, 1.807) is 11.0 Å². The molecule has 1 fully saturated rings. The number of amides is 1. The molecule has 7 nitrogen and oxygen atoms in total. The average molecular weight is 420 g/mol. The number of hydrogen-bond donors (Lipinski definition) is 2. The van der Waals surface area contributed by atoms with Gasteiger partial charge in [0.1, 0.15) is 5.58 Å². The quantitative estimate of drug-likeness (QED) is 0.613. The number of nitrogens with zero attached hydrogens (tertiary/aromatic N) is 1. The number of likely N-dealkylation sites (tertiary alicyclic amines) is 1. The molecule has 0 unspecified atom stereocenters. The van der Waals surface area contributed by atoms with E-state index in [9.17, 15) is 19.5 Å². The maximum atomic E-state index is 12.5. The highest BCUT2D eigenvalue weighted by Gasteiger charge is 2.27. The predicted molar refractivity (Wildman–Crippen MR) is 118 cm³/mol. The summed E-state index contributed by atoms with van der Waals surface area (Å²) in [6.07, 6.45) is 1.28. The number of hydrogen-bond acceptors (Lipinski definition) is 5. The monoisotopic (exact) mass is 420 g/mol. The van der Waals surface area contributed by atoms with Gasteiger partial charge < -0.3 is 19.7 Å². The van der Waals surface area contributed by atoms with Crippen molar-refractivity contribution >= 4 is 28.5 Å². The van der Waals surface area contributed by atoms with Crippen molar-refractivity contribution in [2.24, 2.45) is 5.92 Å². The van der Waals surface area contributed by atoms with E-state index in [0.29, 0.717) is 30.7 Å². The summed E-state index contributed by atoms with van der Waals surface area (Å²) in [6, 6.07) is 14.8. The minimum Gasteiger partial charge on any atom is -0.481 e. The highest BCUT2D eigenvalue weighted by molar-refractivity contribution is 5.95. The summed E-state index contributed by atoms with van der Waals surface area (Å²) in [5.74, 6) is -1.52. The number of carboxylic acid groups (broad SMARTS) is 1. The number of fused-ring (bicyclic) bond motifs is 1. The number of aliphatic carboxylic acids is 1. The molecule has 31 heavy (non-hydrogen) atoms. The standard InChI is InChI=1S/C24H24N2O5/c1-15-5-2-3-7-18(15)20-12-23(28)31-21-11-17(8-9-19(20)21)25-13-22(27)26-10-4-6-16(14-26)24(29)30/h2-3,5,7-9,11-12,16,25H,4,6,10,13-14H2,1H3,(H,29,30)/t16-/m0/s1. The highest BCUT2D eigenvalue weighted by atomic mass is 16.4. The molecular weight excluding hydrogens is 396 g/mol. The van der Waals surface area contributed by atoms with Crippen LogP contribution in [0.2, 0.25) is 0 Å². The van der Waals surface area contributed by atoms with Gasteiger partial charge >= 0.3 is 11.6 Å². The largest absolute Gasteiger partial charge is 0.481 e. The first-order chi connectivity index (χ1) is 14.9. The number of aryl methyl sites for hydroxylation is 1. The Bertz CT molecular complexity index is 1200. The van der Waals surface area contributed by atoms with Gasteiger partial charge in [-0.1, -0.05) is 24.3 Å². The molecule has 1 saturated heterocycles. The van der Waals surface area contributed by atoms with Crippen LogP contribution in [-0.2, 0) is 9.59 Å². The maximum Gasteiger partial charge on any atom is 0.336 e. The van der Waals surface area contributed by atoms with Gasteiger partial charge in [-0.05, 0) is 43.0 Å². The predicted octanol–water partition coefficient (Wildman–Crippen LogP) is 3.50. The molecule has 1 aliphatic rings. The van der Waals surface area contributed by atoms with Gasteiger partial charge in [-0.25, -0.2) is 4.79 Å². The Kier molecular flexibility index (Phi) is 5.75. The van der Waals surface area contributed by atoms with Gasteiger partial charge in [0, 0.05) is 41.9 Å². The maximum absolute atomic E-state index is 12.5. The SMILES string of the molecule is Cc1ccccc1-c1cc(=O)oc2cc(NCC(=O)N3CCC[C@H](C(=O)O)C3)ccc12. The van der Waals surface area contributed by atoms with Crippen LogP contribution in [0.4, 0.5) is 5.69 Å². The molecule has 160 valence electrons. The molecule has 4 rings (SSSR count). The van der Waals surface area contributed by atoms with Gasteiger partial charge in [0.05, 0.1) is 12.5 Å². The zero-order valence-electron chi connectivity index (χ0n) is 17.3. The molecule has 0 saturated carbocycles. The van der Waals surface area contributed by atoms with E-state index < -0.39 is 17.5 Å². The molecule has 0 radical (unpaired) electrons. The molecule has 1 amide bonds. The van der Waals surface area contributed by atoms with Crippen molar-refractivity contribution in [1.82, 2.24) is 4.90 Å². The molecule has 2 heterocycles. The van der Waals surface area contributed by atoms with Crippen molar-refractivity contribution in [2.75, 3.05) is 25.0 Å². The van der Waals surface area contributed by atoms with Crippen LogP contribution in [0.15, 0.2) is 57.7 Å². The molecule has 0 bridgehead atoms. The van der Waals surface area contributed by atoms with Crippen LogP contribution in [0.5, 0.6) is 0 Å². The molecule has 0 spiro atoms. The molecule has 3 aromatic rings. The summed E-state index contributed by atoms with van der Waals surface area (Å²) in [4.78, 5) is 37.5. The van der Waals surface area contributed by atoms with Gasteiger partial charge in [-0.2, -0.15) is 0 Å². The second-order valence-electron chi connectivity index (χ2n) is 7.88. The van der Waals surface area contributed by atoms with Crippen LogP contribution in [-0.4, -0.2) is 41.5 Å². The normalized spacial score (nSPS) is 16.3. The number of carbonyl (C=O) groups excluding carboxylic acids is 1. The van der Waals surface area contributed by atoms with Crippen molar-refractivity contribution in [2.45, 2.75) is 19.8 Å². The number of piperidine rings is 1. The number of carboxylic acids is 1. The Hall–Kier alpha value is -3.61. The molecule has 0 aliphatic carbocycles. The van der Waals surface area contributed by atoms with Crippen molar-refractivity contribution in [3.05, 3.63) is 64.5 Å². The Morgan fingerprint density at radius 2 is 1.97 bits per heavy atom. The van der Waals surface area contributed by atoms with Gasteiger partial charge in [0.25, 0.3) is 0 Å². The first kappa shape index (κ1) is 20.7. The van der Waals surface area contributed by atoms with E-state index in [0.717, 1.165) is 22.1 Å². The molecule has 2 aromatic carbocycles. The van der Waals surface area contributed by atoms with E-state index >= 15 is 0 Å². The van der Waals surface area contributed by atoms with E-state index in [-0.39, 0.29) is 19.0 Å². The van der Waals surface area contributed by atoms with Crippen molar-refractivity contribution in [1.29, 1.82) is 0 Å². The average Bonchev–Trinajstić information content (AvgIpc) is 2.77. The van der Waals surface area contributed by atoms with E-state index in [1.165, 1.54) is 6.07 Å². The lowest BCUT2D eigenvalue weighted by molar-refractivity contribution is -0.145. The van der Waals surface area contributed by atoms with Crippen LogP contribution < -0.4 is 10.9 Å². The zero-order valence-corrected chi connectivity index (χ0v) is 17.3. The summed E-state index contributed by atoms with van der Waals surface area (Å²) in [6.45, 7) is 2.84. The smallest absolute Gasteiger partial charge is 0.336 e. The number of anilines is 1. The van der Waals surface area contributed by atoms with Crippen molar-refractivity contribution in [3.8, 4) is 11.1 Å². The first-order valence-corrected chi connectivity index (χ1v) is 10.3. The lowest BCUT2D eigenvalue weighted by atomic mass is 9.98. The lowest BCUT2D eigenvalue weighted by Gasteiger charge is -2.30. The van der Waals surface area contributed by atoms with Gasteiger partial charge in [-0.3, -0.25) is 9.59 Å². The number of benzene rings is 2. The minimum atomic E-state index is -0.862. The fourth-order valence-electron chi connectivity index (χ4n) is 4.07.